The summed E-state index contributed by atoms with van der Waals surface area (Å²) in [5.74, 6) is -3.01. The van der Waals surface area contributed by atoms with Gasteiger partial charge in [-0.3, -0.25) is 4.79 Å². The molecular formula is C15H13BrF2O2. The number of benzene rings is 1. The van der Waals surface area contributed by atoms with Gasteiger partial charge in [0.05, 0.1) is 4.48 Å². The number of carbonyl (C=O) groups is 1. The normalized spacial score (nSPS) is 29.2. The van der Waals surface area contributed by atoms with Crippen molar-refractivity contribution in [2.45, 2.75) is 26.2 Å². The molecule has 2 aliphatic carbocycles. The van der Waals surface area contributed by atoms with E-state index >= 15 is 0 Å². The molecule has 2 atom stereocenters. The molecule has 1 fully saturated rings. The number of aromatic hydroxyl groups is 1. The average molecular weight is 343 g/mol. The number of rotatable bonds is 1. The van der Waals surface area contributed by atoms with Gasteiger partial charge in [0.1, 0.15) is 0 Å². The van der Waals surface area contributed by atoms with Crippen LogP contribution in [0.2, 0.25) is 0 Å². The maximum Gasteiger partial charge on any atom is 0.187 e. The Kier molecular flexibility index (Phi) is 3.01. The Morgan fingerprint density at radius 2 is 1.95 bits per heavy atom. The van der Waals surface area contributed by atoms with E-state index in [1.807, 2.05) is 6.92 Å². The summed E-state index contributed by atoms with van der Waals surface area (Å²) in [7, 11) is 0. The number of hydrogen-bond donors (Lipinski definition) is 1. The molecule has 2 unspecified atom stereocenters. The predicted molar refractivity (Wildman–Crippen MR) is 74.3 cm³/mol. The van der Waals surface area contributed by atoms with Gasteiger partial charge in [-0.25, -0.2) is 8.78 Å². The van der Waals surface area contributed by atoms with Crippen LogP contribution in [0.5, 0.6) is 5.75 Å². The van der Waals surface area contributed by atoms with Crippen molar-refractivity contribution in [2.75, 3.05) is 0 Å². The number of fused-ring (bicyclic) bond motifs is 1. The second-order valence-corrected chi connectivity index (χ2v) is 6.50. The minimum Gasteiger partial charge on any atom is -0.503 e. The number of phenolic OH excluding ortho intramolecular Hbond substituents is 1. The summed E-state index contributed by atoms with van der Waals surface area (Å²) in [5.41, 5.74) is 0.514. The van der Waals surface area contributed by atoms with Gasteiger partial charge in [-0.15, -0.1) is 0 Å². The largest absolute Gasteiger partial charge is 0.503 e. The van der Waals surface area contributed by atoms with Crippen molar-refractivity contribution in [3.8, 4) is 5.75 Å². The third-order valence-corrected chi connectivity index (χ3v) is 5.38. The van der Waals surface area contributed by atoms with E-state index in [9.17, 15) is 18.7 Å². The summed E-state index contributed by atoms with van der Waals surface area (Å²) >= 11 is 3.29. The molecule has 0 saturated heterocycles. The fourth-order valence-electron chi connectivity index (χ4n) is 3.48. The summed E-state index contributed by atoms with van der Waals surface area (Å²) in [6.07, 6.45) is 2.55. The van der Waals surface area contributed by atoms with E-state index in [0.717, 1.165) is 31.4 Å². The third-order valence-electron chi connectivity index (χ3n) is 4.59. The molecule has 0 bridgehead atoms. The molecular weight excluding hydrogens is 330 g/mol. The Balaban J connectivity index is 2.17. The molecule has 1 aromatic rings. The molecule has 5 heteroatoms. The molecule has 0 radical (unpaired) electrons. The van der Waals surface area contributed by atoms with Crippen molar-refractivity contribution in [1.29, 1.82) is 0 Å². The first kappa shape index (κ1) is 13.7. The van der Waals surface area contributed by atoms with Crippen LogP contribution in [0.4, 0.5) is 8.78 Å². The van der Waals surface area contributed by atoms with Crippen molar-refractivity contribution in [3.05, 3.63) is 33.8 Å². The van der Waals surface area contributed by atoms with E-state index in [-0.39, 0.29) is 11.7 Å². The van der Waals surface area contributed by atoms with Crippen molar-refractivity contribution in [3.63, 3.8) is 0 Å². The van der Waals surface area contributed by atoms with Crippen LogP contribution < -0.4 is 0 Å². The minimum atomic E-state index is -1.01. The van der Waals surface area contributed by atoms with Crippen LogP contribution in [0.15, 0.2) is 16.6 Å². The van der Waals surface area contributed by atoms with Crippen LogP contribution >= 0.6 is 15.9 Å². The number of hydrogen-bond acceptors (Lipinski definition) is 2. The number of halogens is 3. The van der Waals surface area contributed by atoms with Gasteiger partial charge in [0.25, 0.3) is 0 Å². The molecule has 0 amide bonds. The van der Waals surface area contributed by atoms with Gasteiger partial charge in [0.15, 0.2) is 23.2 Å². The maximum absolute atomic E-state index is 13.5. The first-order valence-corrected chi connectivity index (χ1v) is 7.28. The van der Waals surface area contributed by atoms with Crippen LogP contribution in [-0.4, -0.2) is 10.9 Å². The molecule has 1 aromatic carbocycles. The van der Waals surface area contributed by atoms with Gasteiger partial charge < -0.3 is 5.11 Å². The Bertz CT molecular complexity index is 630. The highest BCUT2D eigenvalue weighted by atomic mass is 79.9. The van der Waals surface area contributed by atoms with Gasteiger partial charge in [-0.1, -0.05) is 13.3 Å². The van der Waals surface area contributed by atoms with Crippen molar-refractivity contribution in [2.24, 2.45) is 11.3 Å². The zero-order chi connectivity index (χ0) is 14.7. The number of allylic oxidation sites excluding steroid dienone is 2. The Hall–Kier alpha value is -1.23. The number of Topliss-reactive ketones (excluding diaryl/α,β-unsaturated/α-hetero) is 1. The third kappa shape index (κ3) is 1.68. The van der Waals surface area contributed by atoms with Crippen LogP contribution in [0.25, 0.3) is 5.57 Å². The van der Waals surface area contributed by atoms with Crippen LogP contribution in [0, 0.1) is 23.0 Å². The van der Waals surface area contributed by atoms with Crippen molar-refractivity contribution in [1.82, 2.24) is 0 Å². The summed E-state index contributed by atoms with van der Waals surface area (Å²) < 4.78 is 27.5. The first-order valence-electron chi connectivity index (χ1n) is 6.49. The van der Waals surface area contributed by atoms with Gasteiger partial charge in [0.2, 0.25) is 0 Å². The van der Waals surface area contributed by atoms with Gasteiger partial charge in [-0.2, -0.15) is 0 Å². The fourth-order valence-corrected chi connectivity index (χ4v) is 4.43. The number of carbonyl (C=O) groups excluding carboxylic acids is 1. The lowest BCUT2D eigenvalue weighted by molar-refractivity contribution is -0.122. The fraction of sp³-hybridized carbons (Fsp3) is 0.400. The quantitative estimate of drug-likeness (QED) is 0.831. The van der Waals surface area contributed by atoms with E-state index in [2.05, 4.69) is 15.9 Å². The Labute approximate surface area is 123 Å². The molecule has 0 aromatic heterocycles. The van der Waals surface area contributed by atoms with Crippen LogP contribution in [0.3, 0.4) is 0 Å². The van der Waals surface area contributed by atoms with E-state index < -0.39 is 22.8 Å². The van der Waals surface area contributed by atoms with Crippen LogP contribution in [0.1, 0.15) is 31.7 Å². The molecule has 2 nitrogen and oxygen atoms in total. The summed E-state index contributed by atoms with van der Waals surface area (Å²) in [6, 6.07) is 2.18. The molecule has 1 N–H and O–H groups in total. The second-order valence-electron chi connectivity index (χ2n) is 5.71. The predicted octanol–water partition coefficient (Wildman–Crippen LogP) is 4.17. The highest BCUT2D eigenvalue weighted by molar-refractivity contribution is 9.12. The first-order chi connectivity index (χ1) is 9.36. The summed E-state index contributed by atoms with van der Waals surface area (Å²) in [5, 5.41) is 9.18. The lowest BCUT2D eigenvalue weighted by Crippen LogP contribution is -2.25. The van der Waals surface area contributed by atoms with E-state index in [1.165, 1.54) is 0 Å². The molecule has 1 saturated carbocycles. The summed E-state index contributed by atoms with van der Waals surface area (Å²) in [4.78, 5) is 12.4. The van der Waals surface area contributed by atoms with Crippen molar-refractivity contribution >= 4 is 27.3 Å². The average Bonchev–Trinajstić information content (AvgIpc) is 2.85. The molecule has 0 heterocycles. The highest BCUT2D eigenvalue weighted by Crippen LogP contribution is 2.58. The molecule has 3 rings (SSSR count). The van der Waals surface area contributed by atoms with E-state index in [4.69, 9.17) is 0 Å². The molecule has 20 heavy (non-hydrogen) atoms. The topological polar surface area (TPSA) is 37.3 Å². The van der Waals surface area contributed by atoms with Gasteiger partial charge >= 0.3 is 0 Å². The van der Waals surface area contributed by atoms with E-state index in [0.29, 0.717) is 15.6 Å². The van der Waals surface area contributed by atoms with Crippen molar-refractivity contribution < 1.29 is 18.7 Å². The standard InChI is InChI=1S/C15H13BrF2O2/c1-15-4-2-3-8(15)11(12(16)14(15)20)7-5-9(17)13(19)10(18)6-7/h5-6,8,19H,2-4H2,1H3. The monoisotopic (exact) mass is 342 g/mol. The molecule has 2 aliphatic rings. The van der Waals surface area contributed by atoms with Gasteiger partial charge in [-0.05, 0) is 58.0 Å². The zero-order valence-corrected chi connectivity index (χ0v) is 12.4. The summed E-state index contributed by atoms with van der Waals surface area (Å²) in [6.45, 7) is 1.91. The smallest absolute Gasteiger partial charge is 0.187 e. The Morgan fingerprint density at radius 3 is 2.55 bits per heavy atom. The minimum absolute atomic E-state index is 0.00360. The number of phenols is 1. The number of ketones is 1. The van der Waals surface area contributed by atoms with E-state index in [1.54, 1.807) is 0 Å². The SMILES string of the molecule is CC12CCCC1C(c1cc(F)c(O)c(F)c1)=C(Br)C2=O. The Morgan fingerprint density at radius 1 is 1.35 bits per heavy atom. The molecule has 0 aliphatic heterocycles. The van der Waals surface area contributed by atoms with Gasteiger partial charge in [0, 0.05) is 5.41 Å². The zero-order valence-electron chi connectivity index (χ0n) is 10.8. The lowest BCUT2D eigenvalue weighted by atomic mass is 9.78. The highest BCUT2D eigenvalue weighted by Gasteiger charge is 2.53. The molecule has 0 spiro atoms. The lowest BCUT2D eigenvalue weighted by Gasteiger charge is -2.24. The molecule has 106 valence electrons. The maximum atomic E-state index is 13.5. The second kappa shape index (κ2) is 4.38. The van der Waals surface area contributed by atoms with Crippen LogP contribution in [-0.2, 0) is 4.79 Å².